The molecular weight excluding hydrogens is 907 g/mol. The Bertz CT molecular complexity index is 4380. The minimum Gasteiger partial charge on any atom is -0.310 e. The lowest BCUT2D eigenvalue weighted by Crippen LogP contribution is -2.11. The number of hydrogen-bond donors (Lipinski definition) is 0. The molecule has 0 unspecified atom stereocenters. The van der Waals surface area contributed by atoms with Crippen LogP contribution in [0.3, 0.4) is 0 Å². The number of rotatable bonds is 10. The second-order valence-electron chi connectivity index (χ2n) is 19.2. The molecular formula is C72H49N3. The lowest BCUT2D eigenvalue weighted by atomic mass is 9.88. The van der Waals surface area contributed by atoms with Crippen molar-refractivity contribution >= 4 is 60.7 Å². The summed E-state index contributed by atoms with van der Waals surface area (Å²) in [5, 5.41) is 4.96. The summed E-state index contributed by atoms with van der Waals surface area (Å²) in [5.74, 6) is 0. The lowest BCUT2D eigenvalue weighted by Gasteiger charge is -2.29. The molecule has 0 amide bonds. The van der Waals surface area contributed by atoms with E-state index in [4.69, 9.17) is 0 Å². The summed E-state index contributed by atoms with van der Waals surface area (Å²) < 4.78 is 4.77. The summed E-state index contributed by atoms with van der Waals surface area (Å²) in [6.07, 6.45) is 0. The monoisotopic (exact) mass is 955 g/mol. The number of hydrogen-bond acceptors (Lipinski definition) is 1. The van der Waals surface area contributed by atoms with Crippen LogP contribution in [0.2, 0.25) is 0 Å². The molecule has 2 heterocycles. The molecule has 14 rings (SSSR count). The normalized spacial score (nSPS) is 11.5. The molecule has 3 nitrogen and oxygen atoms in total. The maximum Gasteiger partial charge on any atom is 0.0547 e. The lowest BCUT2D eigenvalue weighted by molar-refractivity contribution is 1.18. The number of benzene rings is 12. The van der Waals surface area contributed by atoms with Gasteiger partial charge in [0.25, 0.3) is 0 Å². The highest BCUT2D eigenvalue weighted by molar-refractivity contribution is 6.16. The summed E-state index contributed by atoms with van der Waals surface area (Å²) in [6.45, 7) is 0. The standard InChI is InChI=1S/C72H49N3/c1-4-21-51(22-5-1)58-27-10-11-28-60(58)61-29-12-13-30-62(61)63-31-14-17-35-67(63)73(56-44-39-50(40-45-56)53-43-48-70-66(49-53)64-32-15-18-36-68(64)74(70)54-23-6-2-7-24-54)57-46-41-52(42-47-57)59-34-20-38-71-72(59)65-33-16-19-37-69(65)75(71)55-25-8-3-9-26-55/h1-49H. The Morgan fingerprint density at radius 2 is 0.640 bits per heavy atom. The first-order valence-corrected chi connectivity index (χ1v) is 25.8. The molecule has 0 saturated heterocycles. The van der Waals surface area contributed by atoms with Crippen molar-refractivity contribution in [3.8, 4) is 67.0 Å². The number of fused-ring (bicyclic) bond motifs is 6. The Kier molecular flexibility index (Phi) is 10.8. The van der Waals surface area contributed by atoms with Crippen LogP contribution in [0.25, 0.3) is 111 Å². The zero-order valence-corrected chi connectivity index (χ0v) is 41.1. The molecule has 352 valence electrons. The van der Waals surface area contributed by atoms with E-state index < -0.39 is 0 Å². The Labute approximate surface area is 436 Å². The number of para-hydroxylation sites is 5. The maximum atomic E-state index is 2.43. The first-order valence-electron chi connectivity index (χ1n) is 25.8. The van der Waals surface area contributed by atoms with Crippen molar-refractivity contribution in [2.24, 2.45) is 0 Å². The predicted octanol–water partition coefficient (Wildman–Crippen LogP) is 19.7. The van der Waals surface area contributed by atoms with E-state index in [0.717, 1.165) is 45.1 Å². The van der Waals surface area contributed by atoms with Crippen molar-refractivity contribution in [1.29, 1.82) is 0 Å². The van der Waals surface area contributed by atoms with E-state index in [1.807, 2.05) is 0 Å². The topological polar surface area (TPSA) is 13.1 Å². The van der Waals surface area contributed by atoms with Crippen molar-refractivity contribution in [1.82, 2.24) is 9.13 Å². The van der Waals surface area contributed by atoms with Gasteiger partial charge in [-0.05, 0) is 135 Å². The fraction of sp³-hybridized carbons (Fsp3) is 0. The van der Waals surface area contributed by atoms with Crippen molar-refractivity contribution in [2.45, 2.75) is 0 Å². The fourth-order valence-electron chi connectivity index (χ4n) is 11.6. The van der Waals surface area contributed by atoms with Crippen LogP contribution >= 0.6 is 0 Å². The van der Waals surface area contributed by atoms with Gasteiger partial charge in [-0.25, -0.2) is 0 Å². The molecule has 75 heavy (non-hydrogen) atoms. The molecule has 3 heteroatoms. The van der Waals surface area contributed by atoms with Gasteiger partial charge >= 0.3 is 0 Å². The van der Waals surface area contributed by atoms with E-state index in [0.29, 0.717) is 0 Å². The predicted molar refractivity (Wildman–Crippen MR) is 317 cm³/mol. The molecule has 0 aliphatic carbocycles. The van der Waals surface area contributed by atoms with Crippen LogP contribution < -0.4 is 4.90 Å². The molecule has 0 aliphatic heterocycles. The molecule has 0 saturated carbocycles. The van der Waals surface area contributed by atoms with Crippen molar-refractivity contribution in [3.05, 3.63) is 297 Å². The molecule has 2 aromatic heterocycles. The van der Waals surface area contributed by atoms with E-state index >= 15 is 0 Å². The smallest absolute Gasteiger partial charge is 0.0547 e. The van der Waals surface area contributed by atoms with Gasteiger partial charge in [0.1, 0.15) is 0 Å². The van der Waals surface area contributed by atoms with Crippen LogP contribution in [0.4, 0.5) is 17.1 Å². The SMILES string of the molecule is c1ccc(-c2ccccc2-c2ccccc2-c2ccccc2N(c2ccc(-c3ccc4c(c3)c3ccccc3n4-c3ccccc3)cc2)c2ccc(-c3cccc4c3c3ccccc3n4-c3ccccc3)cc2)cc1. The second kappa shape index (κ2) is 18.6. The number of aromatic nitrogens is 2. The highest BCUT2D eigenvalue weighted by atomic mass is 15.1. The molecule has 0 fully saturated rings. The van der Waals surface area contributed by atoms with Crippen LogP contribution in [0.5, 0.6) is 0 Å². The van der Waals surface area contributed by atoms with Gasteiger partial charge in [-0.3, -0.25) is 0 Å². The van der Waals surface area contributed by atoms with E-state index in [1.165, 1.54) is 82.6 Å². The van der Waals surface area contributed by atoms with Crippen molar-refractivity contribution in [2.75, 3.05) is 4.90 Å². The van der Waals surface area contributed by atoms with Crippen LogP contribution in [-0.2, 0) is 0 Å². The van der Waals surface area contributed by atoms with E-state index in [1.54, 1.807) is 0 Å². The second-order valence-corrected chi connectivity index (χ2v) is 19.2. The van der Waals surface area contributed by atoms with Gasteiger partial charge in [0.2, 0.25) is 0 Å². The zero-order chi connectivity index (χ0) is 49.7. The Hall–Kier alpha value is -9.96. The highest BCUT2D eigenvalue weighted by Crippen LogP contribution is 2.47. The fourth-order valence-corrected chi connectivity index (χ4v) is 11.6. The number of anilines is 3. The van der Waals surface area contributed by atoms with Gasteiger partial charge in [0.15, 0.2) is 0 Å². The quantitative estimate of drug-likeness (QED) is 0.133. The Morgan fingerprint density at radius 3 is 1.29 bits per heavy atom. The third-order valence-electron chi connectivity index (χ3n) is 15.0. The van der Waals surface area contributed by atoms with E-state index in [-0.39, 0.29) is 0 Å². The minimum atomic E-state index is 1.06. The average molecular weight is 956 g/mol. The molecule has 0 aliphatic rings. The van der Waals surface area contributed by atoms with Gasteiger partial charge < -0.3 is 14.0 Å². The van der Waals surface area contributed by atoms with Gasteiger partial charge in [-0.1, -0.05) is 212 Å². The third-order valence-corrected chi connectivity index (χ3v) is 15.0. The van der Waals surface area contributed by atoms with E-state index in [2.05, 4.69) is 311 Å². The molecule has 0 bridgehead atoms. The first kappa shape index (κ1) is 43.8. The van der Waals surface area contributed by atoms with Crippen LogP contribution in [0.15, 0.2) is 297 Å². The molecule has 0 radical (unpaired) electrons. The molecule has 0 atom stereocenters. The van der Waals surface area contributed by atoms with Gasteiger partial charge in [-0.15, -0.1) is 0 Å². The summed E-state index contributed by atoms with van der Waals surface area (Å²) in [6, 6.07) is 108. The molecule has 0 spiro atoms. The highest BCUT2D eigenvalue weighted by Gasteiger charge is 2.22. The zero-order valence-electron chi connectivity index (χ0n) is 41.1. The molecule has 12 aromatic carbocycles. The van der Waals surface area contributed by atoms with Crippen LogP contribution in [0, 0.1) is 0 Å². The van der Waals surface area contributed by atoms with Gasteiger partial charge in [0.05, 0.1) is 27.8 Å². The van der Waals surface area contributed by atoms with Gasteiger partial charge in [0, 0.05) is 49.9 Å². The Balaban J connectivity index is 0.915. The molecule has 14 aromatic rings. The van der Waals surface area contributed by atoms with Crippen LogP contribution in [-0.4, -0.2) is 9.13 Å². The Morgan fingerprint density at radius 1 is 0.227 bits per heavy atom. The summed E-state index contributed by atoms with van der Waals surface area (Å²) in [4.78, 5) is 2.43. The third kappa shape index (κ3) is 7.60. The maximum absolute atomic E-state index is 2.43. The largest absolute Gasteiger partial charge is 0.310 e. The van der Waals surface area contributed by atoms with Crippen LogP contribution in [0.1, 0.15) is 0 Å². The minimum absolute atomic E-state index is 1.06. The van der Waals surface area contributed by atoms with Crippen molar-refractivity contribution in [3.63, 3.8) is 0 Å². The van der Waals surface area contributed by atoms with E-state index in [9.17, 15) is 0 Å². The average Bonchev–Trinajstić information content (AvgIpc) is 4.06. The molecule has 0 N–H and O–H groups in total. The van der Waals surface area contributed by atoms with Gasteiger partial charge in [-0.2, -0.15) is 0 Å². The number of nitrogens with zero attached hydrogens (tertiary/aromatic N) is 3. The first-order chi connectivity index (χ1) is 37.2. The summed E-state index contributed by atoms with van der Waals surface area (Å²) in [5.41, 5.74) is 22.1. The van der Waals surface area contributed by atoms with Crippen molar-refractivity contribution < 1.29 is 0 Å². The summed E-state index contributed by atoms with van der Waals surface area (Å²) in [7, 11) is 0. The summed E-state index contributed by atoms with van der Waals surface area (Å²) >= 11 is 0.